The number of rotatable bonds is 5. The van der Waals surface area contributed by atoms with Crippen molar-refractivity contribution in [3.8, 4) is 0 Å². The Morgan fingerprint density at radius 2 is 2.16 bits per heavy atom. The maximum absolute atomic E-state index is 12.1. The molecule has 1 aliphatic heterocycles. The van der Waals surface area contributed by atoms with Crippen LogP contribution in [0.15, 0.2) is 0 Å². The lowest BCUT2D eigenvalue weighted by atomic mass is 9.94. The zero-order valence-corrected chi connectivity index (χ0v) is 12.4. The summed E-state index contributed by atoms with van der Waals surface area (Å²) < 4.78 is 0. The van der Waals surface area contributed by atoms with E-state index in [0.717, 1.165) is 25.9 Å². The first kappa shape index (κ1) is 18.0. The van der Waals surface area contributed by atoms with Crippen LogP contribution in [0.2, 0.25) is 0 Å². The molecule has 1 saturated heterocycles. The minimum Gasteiger partial charge on any atom is -0.352 e. The van der Waals surface area contributed by atoms with Gasteiger partial charge in [0.2, 0.25) is 5.91 Å². The Hall–Kier alpha value is -1.01. The number of carbonyl (C=O) groups is 2. The predicted molar refractivity (Wildman–Crippen MR) is 77.2 cm³/mol. The van der Waals surface area contributed by atoms with Crippen molar-refractivity contribution in [1.29, 1.82) is 0 Å². The fourth-order valence-electron chi connectivity index (χ4n) is 2.20. The SMILES string of the molecule is CCC[C@@H](NC(N)=O)C(=O)NC1CNCCC1C.Cl. The Kier molecular flexibility index (Phi) is 8.51. The molecule has 1 rings (SSSR count). The average molecular weight is 293 g/mol. The Bertz CT molecular complexity index is 301. The van der Waals surface area contributed by atoms with E-state index in [0.29, 0.717) is 12.3 Å². The van der Waals surface area contributed by atoms with Crippen LogP contribution in [-0.4, -0.2) is 37.1 Å². The highest BCUT2D eigenvalue weighted by atomic mass is 35.5. The third-order valence-corrected chi connectivity index (χ3v) is 3.37. The van der Waals surface area contributed by atoms with Gasteiger partial charge < -0.3 is 21.7 Å². The molecular weight excluding hydrogens is 268 g/mol. The van der Waals surface area contributed by atoms with Crippen molar-refractivity contribution in [2.75, 3.05) is 13.1 Å². The Morgan fingerprint density at radius 3 is 2.68 bits per heavy atom. The van der Waals surface area contributed by atoms with E-state index in [2.05, 4.69) is 22.9 Å². The summed E-state index contributed by atoms with van der Waals surface area (Å²) in [6, 6.07) is -1.06. The highest BCUT2D eigenvalue weighted by molar-refractivity contribution is 5.86. The molecule has 1 aliphatic rings. The van der Waals surface area contributed by atoms with Crippen molar-refractivity contribution in [1.82, 2.24) is 16.0 Å². The molecule has 112 valence electrons. The Balaban J connectivity index is 0.00000324. The number of amides is 3. The first-order valence-electron chi connectivity index (χ1n) is 6.61. The fraction of sp³-hybridized carbons (Fsp3) is 0.833. The molecule has 0 aromatic rings. The number of primary amides is 1. The highest BCUT2D eigenvalue weighted by Crippen LogP contribution is 2.11. The standard InChI is InChI=1S/C12H24N4O2.ClH/c1-3-4-9(16-12(13)18)11(17)15-10-7-14-6-5-8(10)2;/h8-10,14H,3-7H2,1-2H3,(H,15,17)(H3,13,16,18);1H/t8?,9-,10?;/m1./s1. The molecule has 0 bridgehead atoms. The number of piperidine rings is 1. The van der Waals surface area contributed by atoms with E-state index in [4.69, 9.17) is 5.73 Å². The van der Waals surface area contributed by atoms with Crippen LogP contribution in [0.5, 0.6) is 0 Å². The normalized spacial score (nSPS) is 23.9. The van der Waals surface area contributed by atoms with Crippen molar-refractivity contribution >= 4 is 24.3 Å². The van der Waals surface area contributed by atoms with Gasteiger partial charge in [-0.3, -0.25) is 4.79 Å². The van der Waals surface area contributed by atoms with Crippen LogP contribution in [0.1, 0.15) is 33.1 Å². The average Bonchev–Trinajstić information content (AvgIpc) is 2.31. The van der Waals surface area contributed by atoms with Gasteiger partial charge in [0.05, 0.1) is 0 Å². The quantitative estimate of drug-likeness (QED) is 0.589. The van der Waals surface area contributed by atoms with Crippen molar-refractivity contribution in [3.05, 3.63) is 0 Å². The summed E-state index contributed by atoms with van der Waals surface area (Å²) in [5, 5.41) is 8.73. The van der Waals surface area contributed by atoms with Crippen LogP contribution in [0.3, 0.4) is 0 Å². The third-order valence-electron chi connectivity index (χ3n) is 3.37. The molecule has 3 atom stereocenters. The van der Waals surface area contributed by atoms with Gasteiger partial charge in [-0.1, -0.05) is 20.3 Å². The lowest BCUT2D eigenvalue weighted by Crippen LogP contribution is -2.56. The molecule has 1 heterocycles. The molecule has 19 heavy (non-hydrogen) atoms. The topological polar surface area (TPSA) is 96.2 Å². The monoisotopic (exact) mass is 292 g/mol. The molecule has 0 aromatic heterocycles. The van der Waals surface area contributed by atoms with Crippen molar-refractivity contribution in [3.63, 3.8) is 0 Å². The maximum Gasteiger partial charge on any atom is 0.312 e. The summed E-state index contributed by atoms with van der Waals surface area (Å²) in [6.45, 7) is 5.86. The van der Waals surface area contributed by atoms with Gasteiger partial charge in [-0.25, -0.2) is 4.79 Å². The highest BCUT2D eigenvalue weighted by Gasteiger charge is 2.26. The minimum atomic E-state index is -0.654. The third kappa shape index (κ3) is 6.11. The first-order chi connectivity index (χ1) is 8.54. The number of carbonyl (C=O) groups excluding carboxylic acids is 2. The van der Waals surface area contributed by atoms with E-state index >= 15 is 0 Å². The largest absolute Gasteiger partial charge is 0.352 e. The van der Waals surface area contributed by atoms with E-state index < -0.39 is 12.1 Å². The number of urea groups is 1. The van der Waals surface area contributed by atoms with Crippen molar-refractivity contribution in [2.24, 2.45) is 11.7 Å². The molecule has 0 radical (unpaired) electrons. The number of hydrogen-bond donors (Lipinski definition) is 4. The van der Waals surface area contributed by atoms with Gasteiger partial charge in [0, 0.05) is 12.6 Å². The summed E-state index contributed by atoms with van der Waals surface area (Å²) in [4.78, 5) is 22.9. The van der Waals surface area contributed by atoms with E-state index in [-0.39, 0.29) is 24.4 Å². The van der Waals surface area contributed by atoms with Gasteiger partial charge in [0.15, 0.2) is 0 Å². The molecular formula is C12H25ClN4O2. The van der Waals surface area contributed by atoms with Crippen LogP contribution < -0.4 is 21.7 Å². The molecule has 0 aliphatic carbocycles. The number of nitrogens with one attached hydrogen (secondary N) is 3. The summed E-state index contributed by atoms with van der Waals surface area (Å²) in [5.74, 6) is 0.308. The molecule has 3 amide bonds. The van der Waals surface area contributed by atoms with Crippen LogP contribution in [-0.2, 0) is 4.79 Å². The molecule has 6 nitrogen and oxygen atoms in total. The molecule has 0 spiro atoms. The lowest BCUT2D eigenvalue weighted by molar-refractivity contribution is -0.124. The Morgan fingerprint density at radius 1 is 1.47 bits per heavy atom. The second kappa shape index (κ2) is 8.98. The summed E-state index contributed by atoms with van der Waals surface area (Å²) >= 11 is 0. The fourth-order valence-corrected chi connectivity index (χ4v) is 2.20. The van der Waals surface area contributed by atoms with E-state index in [1.54, 1.807) is 0 Å². The van der Waals surface area contributed by atoms with Crippen LogP contribution in [0.25, 0.3) is 0 Å². The van der Waals surface area contributed by atoms with E-state index in [1.807, 2.05) is 6.92 Å². The first-order valence-corrected chi connectivity index (χ1v) is 6.61. The summed E-state index contributed by atoms with van der Waals surface area (Å²) in [5.41, 5.74) is 5.08. The second-order valence-corrected chi connectivity index (χ2v) is 4.94. The molecule has 0 saturated carbocycles. The predicted octanol–water partition coefficient (Wildman–Crippen LogP) is 0.359. The molecule has 2 unspecified atom stereocenters. The smallest absolute Gasteiger partial charge is 0.312 e. The minimum absolute atomic E-state index is 0. The lowest BCUT2D eigenvalue weighted by Gasteiger charge is -2.31. The van der Waals surface area contributed by atoms with E-state index in [1.165, 1.54) is 0 Å². The van der Waals surface area contributed by atoms with Gasteiger partial charge in [-0.15, -0.1) is 12.4 Å². The van der Waals surface area contributed by atoms with Crippen LogP contribution in [0, 0.1) is 5.92 Å². The van der Waals surface area contributed by atoms with Crippen molar-refractivity contribution in [2.45, 2.75) is 45.2 Å². The molecule has 0 aromatic carbocycles. The molecule has 7 heteroatoms. The second-order valence-electron chi connectivity index (χ2n) is 4.94. The van der Waals surface area contributed by atoms with E-state index in [9.17, 15) is 9.59 Å². The zero-order chi connectivity index (χ0) is 13.5. The number of halogens is 1. The Labute approximate surface area is 120 Å². The molecule has 1 fully saturated rings. The maximum atomic E-state index is 12.1. The van der Waals surface area contributed by atoms with Gasteiger partial charge >= 0.3 is 6.03 Å². The van der Waals surface area contributed by atoms with Crippen LogP contribution in [0.4, 0.5) is 4.79 Å². The van der Waals surface area contributed by atoms with Gasteiger partial charge in [0.25, 0.3) is 0 Å². The van der Waals surface area contributed by atoms with Crippen LogP contribution >= 0.6 is 12.4 Å². The summed E-state index contributed by atoms with van der Waals surface area (Å²) in [7, 11) is 0. The number of nitrogens with two attached hydrogens (primary N) is 1. The summed E-state index contributed by atoms with van der Waals surface area (Å²) in [6.07, 6.45) is 2.47. The molecule has 5 N–H and O–H groups in total. The number of hydrogen-bond acceptors (Lipinski definition) is 3. The van der Waals surface area contributed by atoms with Crippen molar-refractivity contribution < 1.29 is 9.59 Å². The van der Waals surface area contributed by atoms with Gasteiger partial charge in [0.1, 0.15) is 6.04 Å². The van der Waals surface area contributed by atoms with Gasteiger partial charge in [-0.05, 0) is 25.3 Å². The van der Waals surface area contributed by atoms with Gasteiger partial charge in [-0.2, -0.15) is 0 Å². The zero-order valence-electron chi connectivity index (χ0n) is 11.6.